The number of ether oxygens (including phenoxy) is 2. The van der Waals surface area contributed by atoms with Crippen LogP contribution >= 0.6 is 0 Å². The summed E-state index contributed by atoms with van der Waals surface area (Å²) in [6.45, 7) is 7.57. The van der Waals surface area contributed by atoms with Gasteiger partial charge in [-0.15, -0.1) is 0 Å². The van der Waals surface area contributed by atoms with Crippen molar-refractivity contribution in [3.63, 3.8) is 0 Å². The van der Waals surface area contributed by atoms with Crippen molar-refractivity contribution >= 4 is 11.0 Å². The third-order valence-corrected chi connectivity index (χ3v) is 3.64. The smallest absolute Gasteiger partial charge is 0.163 e. The third-order valence-electron chi connectivity index (χ3n) is 3.64. The lowest BCUT2D eigenvalue weighted by atomic mass is 10.2. The van der Waals surface area contributed by atoms with E-state index in [-0.39, 0.29) is 0 Å². The van der Waals surface area contributed by atoms with Crippen molar-refractivity contribution in [1.29, 1.82) is 0 Å². The molecule has 0 amide bonds. The predicted molar refractivity (Wildman–Crippen MR) is 83.2 cm³/mol. The Morgan fingerprint density at radius 1 is 1.24 bits per heavy atom. The van der Waals surface area contributed by atoms with Crippen molar-refractivity contribution in [2.24, 2.45) is 5.92 Å². The van der Waals surface area contributed by atoms with Crippen molar-refractivity contribution in [1.82, 2.24) is 14.9 Å². The van der Waals surface area contributed by atoms with Gasteiger partial charge in [0.15, 0.2) is 11.5 Å². The summed E-state index contributed by atoms with van der Waals surface area (Å²) in [6, 6.07) is 4.08. The van der Waals surface area contributed by atoms with E-state index in [0.29, 0.717) is 19.1 Å². The van der Waals surface area contributed by atoms with Crippen molar-refractivity contribution in [2.75, 3.05) is 26.8 Å². The fraction of sp³-hybridized carbons (Fsp3) is 0.562. The molecule has 1 N–H and O–H groups in total. The zero-order valence-corrected chi connectivity index (χ0v) is 13.0. The molecule has 0 unspecified atom stereocenters. The molecule has 1 aliphatic rings. The molecule has 114 valence electrons. The average molecular weight is 289 g/mol. The summed E-state index contributed by atoms with van der Waals surface area (Å²) in [5.41, 5.74) is 2.13. The summed E-state index contributed by atoms with van der Waals surface area (Å²) in [5, 5.41) is 3.19. The summed E-state index contributed by atoms with van der Waals surface area (Å²) in [7, 11) is 1.97. The van der Waals surface area contributed by atoms with Crippen LogP contribution in [0.4, 0.5) is 0 Å². The Balaban J connectivity index is 2.08. The molecule has 1 aliphatic heterocycles. The number of benzene rings is 1. The van der Waals surface area contributed by atoms with Crippen molar-refractivity contribution in [3.05, 3.63) is 18.0 Å². The van der Waals surface area contributed by atoms with Gasteiger partial charge in [0.1, 0.15) is 19.0 Å². The molecule has 1 aromatic heterocycles. The third kappa shape index (κ3) is 2.83. The van der Waals surface area contributed by atoms with E-state index in [1.54, 1.807) is 0 Å². The number of fused-ring (bicyclic) bond motifs is 2. The number of likely N-dealkylation sites (N-methyl/N-ethyl adjacent to an activating group) is 1. The molecule has 0 spiro atoms. The number of nitrogens with zero attached hydrogens (tertiary/aromatic N) is 2. The molecular formula is C16H23N3O2. The van der Waals surface area contributed by atoms with Crippen LogP contribution in [0.1, 0.15) is 19.7 Å². The molecule has 0 atom stereocenters. The Bertz CT molecular complexity index is 634. The van der Waals surface area contributed by atoms with Gasteiger partial charge in [-0.3, -0.25) is 0 Å². The Labute approximate surface area is 125 Å². The molecule has 1 aromatic carbocycles. The van der Waals surface area contributed by atoms with Crippen LogP contribution in [0.5, 0.6) is 11.5 Å². The van der Waals surface area contributed by atoms with E-state index in [2.05, 4.69) is 29.8 Å². The van der Waals surface area contributed by atoms with Crippen LogP contribution in [0.15, 0.2) is 12.1 Å². The van der Waals surface area contributed by atoms with Gasteiger partial charge in [-0.2, -0.15) is 0 Å². The van der Waals surface area contributed by atoms with Crippen LogP contribution in [0.2, 0.25) is 0 Å². The molecule has 3 rings (SSSR count). The minimum Gasteiger partial charge on any atom is -0.486 e. The Morgan fingerprint density at radius 3 is 2.62 bits per heavy atom. The molecule has 5 heteroatoms. The Kier molecular flexibility index (Phi) is 4.01. The van der Waals surface area contributed by atoms with Crippen molar-refractivity contribution in [2.45, 2.75) is 26.8 Å². The minimum absolute atomic E-state index is 0.573. The standard InChI is InChI=1S/C16H23N3O2/c1-11(2)10-19-13-9-15-14(20-6-7-21-15)8-12(13)18-16(19)4-5-17-3/h8-9,11,17H,4-7,10H2,1-3H3. The summed E-state index contributed by atoms with van der Waals surface area (Å²) in [6.07, 6.45) is 0.921. The molecule has 21 heavy (non-hydrogen) atoms. The molecule has 2 aromatic rings. The first-order chi connectivity index (χ1) is 10.2. The number of nitrogens with one attached hydrogen (secondary N) is 1. The Hall–Kier alpha value is -1.75. The molecule has 0 saturated carbocycles. The summed E-state index contributed by atoms with van der Waals surface area (Å²) in [4.78, 5) is 4.80. The van der Waals surface area contributed by atoms with E-state index in [0.717, 1.165) is 47.9 Å². The highest BCUT2D eigenvalue weighted by atomic mass is 16.6. The first kappa shape index (κ1) is 14.2. The second-order valence-electron chi connectivity index (χ2n) is 5.87. The van der Waals surface area contributed by atoms with Crippen LogP contribution in [-0.2, 0) is 13.0 Å². The highest BCUT2D eigenvalue weighted by Crippen LogP contribution is 2.35. The van der Waals surface area contributed by atoms with Crippen LogP contribution in [0, 0.1) is 5.92 Å². The quantitative estimate of drug-likeness (QED) is 0.917. The van der Waals surface area contributed by atoms with Gasteiger partial charge in [0.2, 0.25) is 0 Å². The molecular weight excluding hydrogens is 266 g/mol. The summed E-state index contributed by atoms with van der Waals surface area (Å²) >= 11 is 0. The lowest BCUT2D eigenvalue weighted by molar-refractivity contribution is 0.172. The van der Waals surface area contributed by atoms with Gasteiger partial charge in [-0.1, -0.05) is 13.8 Å². The second-order valence-corrected chi connectivity index (χ2v) is 5.87. The first-order valence-corrected chi connectivity index (χ1v) is 7.62. The molecule has 0 bridgehead atoms. The summed E-state index contributed by atoms with van der Waals surface area (Å²) < 4.78 is 13.7. The van der Waals surface area contributed by atoms with Crippen LogP contribution in [0.25, 0.3) is 11.0 Å². The zero-order valence-electron chi connectivity index (χ0n) is 13.0. The van der Waals surface area contributed by atoms with Gasteiger partial charge in [-0.05, 0) is 13.0 Å². The van der Waals surface area contributed by atoms with Crippen LogP contribution in [-0.4, -0.2) is 36.4 Å². The second kappa shape index (κ2) is 5.93. The van der Waals surface area contributed by atoms with Crippen LogP contribution < -0.4 is 14.8 Å². The number of hydrogen-bond acceptors (Lipinski definition) is 4. The molecule has 5 nitrogen and oxygen atoms in total. The van der Waals surface area contributed by atoms with E-state index in [4.69, 9.17) is 14.5 Å². The monoisotopic (exact) mass is 289 g/mol. The topological polar surface area (TPSA) is 48.3 Å². The van der Waals surface area contributed by atoms with Crippen LogP contribution in [0.3, 0.4) is 0 Å². The molecule has 2 heterocycles. The van der Waals surface area contributed by atoms with E-state index < -0.39 is 0 Å². The maximum absolute atomic E-state index is 5.70. The molecule has 0 saturated heterocycles. The number of hydrogen-bond donors (Lipinski definition) is 1. The fourth-order valence-corrected chi connectivity index (χ4v) is 2.71. The lowest BCUT2D eigenvalue weighted by Crippen LogP contribution is -2.16. The Morgan fingerprint density at radius 2 is 1.95 bits per heavy atom. The van der Waals surface area contributed by atoms with E-state index >= 15 is 0 Å². The SMILES string of the molecule is CNCCc1nc2cc3c(cc2n1CC(C)C)OCCO3. The van der Waals surface area contributed by atoms with Gasteiger partial charge in [0, 0.05) is 31.6 Å². The normalized spacial score (nSPS) is 14.1. The number of aromatic nitrogens is 2. The first-order valence-electron chi connectivity index (χ1n) is 7.62. The average Bonchev–Trinajstić information content (AvgIpc) is 2.79. The van der Waals surface area contributed by atoms with Gasteiger partial charge < -0.3 is 19.4 Å². The van der Waals surface area contributed by atoms with Gasteiger partial charge >= 0.3 is 0 Å². The van der Waals surface area contributed by atoms with E-state index in [1.807, 2.05) is 13.1 Å². The largest absolute Gasteiger partial charge is 0.486 e. The molecule has 0 radical (unpaired) electrons. The molecule has 0 aliphatic carbocycles. The highest BCUT2D eigenvalue weighted by molar-refractivity contribution is 5.80. The van der Waals surface area contributed by atoms with Gasteiger partial charge in [0.25, 0.3) is 0 Å². The maximum atomic E-state index is 5.70. The van der Waals surface area contributed by atoms with E-state index in [9.17, 15) is 0 Å². The van der Waals surface area contributed by atoms with Crippen molar-refractivity contribution in [3.8, 4) is 11.5 Å². The highest BCUT2D eigenvalue weighted by Gasteiger charge is 2.18. The molecule has 0 fully saturated rings. The van der Waals surface area contributed by atoms with Gasteiger partial charge in [-0.25, -0.2) is 4.98 Å². The predicted octanol–water partition coefficient (Wildman–Crippen LogP) is 2.23. The number of rotatable bonds is 5. The maximum Gasteiger partial charge on any atom is 0.163 e. The summed E-state index contributed by atoms with van der Waals surface area (Å²) in [5.74, 6) is 3.33. The van der Waals surface area contributed by atoms with E-state index in [1.165, 1.54) is 0 Å². The zero-order chi connectivity index (χ0) is 14.8. The van der Waals surface area contributed by atoms with Gasteiger partial charge in [0.05, 0.1) is 11.0 Å². The van der Waals surface area contributed by atoms with Crippen molar-refractivity contribution < 1.29 is 9.47 Å². The lowest BCUT2D eigenvalue weighted by Gasteiger charge is -2.18. The fourth-order valence-electron chi connectivity index (χ4n) is 2.71. The minimum atomic E-state index is 0.573. The number of imidazole rings is 1.